The molecule has 3 aromatic carbocycles. The fraction of sp³-hybridized carbons (Fsp3) is 0.154. The molecule has 0 bridgehead atoms. The van der Waals surface area contributed by atoms with Crippen LogP contribution in [-0.2, 0) is 6.54 Å². The third kappa shape index (κ3) is 3.39. The lowest BCUT2D eigenvalue weighted by atomic mass is 9.96. The maximum absolute atomic E-state index is 13.5. The molecule has 0 radical (unpaired) electrons. The van der Waals surface area contributed by atoms with Crippen molar-refractivity contribution in [1.29, 1.82) is 0 Å². The Morgan fingerprint density at radius 1 is 0.875 bits per heavy atom. The van der Waals surface area contributed by atoms with E-state index in [1.54, 1.807) is 14.2 Å². The normalized spacial score (nSPS) is 15.0. The highest BCUT2D eigenvalue weighted by molar-refractivity contribution is 6.00. The summed E-state index contributed by atoms with van der Waals surface area (Å²) in [6, 6.07) is 25.3. The van der Waals surface area contributed by atoms with E-state index in [1.807, 2.05) is 83.8 Å². The van der Waals surface area contributed by atoms with Crippen LogP contribution < -0.4 is 9.47 Å². The van der Waals surface area contributed by atoms with Gasteiger partial charge in [0.1, 0.15) is 17.2 Å². The molecular formula is C26H23N3O3. The zero-order chi connectivity index (χ0) is 22.1. The van der Waals surface area contributed by atoms with Crippen molar-refractivity contribution in [3.05, 3.63) is 101 Å². The van der Waals surface area contributed by atoms with E-state index in [2.05, 4.69) is 10.2 Å². The number of nitrogens with one attached hydrogen (secondary N) is 1. The van der Waals surface area contributed by atoms with E-state index in [0.29, 0.717) is 12.2 Å². The molecule has 1 unspecified atom stereocenters. The summed E-state index contributed by atoms with van der Waals surface area (Å²) < 4.78 is 10.6. The first kappa shape index (κ1) is 19.9. The Bertz CT molecular complexity index is 1230. The van der Waals surface area contributed by atoms with Crippen molar-refractivity contribution in [3.8, 4) is 22.8 Å². The Hall–Kier alpha value is -4.06. The number of ether oxygens (including phenoxy) is 2. The van der Waals surface area contributed by atoms with Gasteiger partial charge in [-0.25, -0.2) is 0 Å². The van der Waals surface area contributed by atoms with Crippen molar-refractivity contribution in [1.82, 2.24) is 15.1 Å². The number of nitrogens with zero attached hydrogens (tertiary/aromatic N) is 2. The van der Waals surface area contributed by atoms with Gasteiger partial charge in [0, 0.05) is 17.7 Å². The molecule has 1 aromatic heterocycles. The standard InChI is InChI=1S/C26H23N3O3/c1-31-20-12-8-17(9-13-20)16-29-25(19-10-14-21(32-2)15-11-19)22-23(18-6-4-3-5-7-18)27-28-24(22)26(29)30/h3-15,25H,16H2,1-2H3,(H,27,28). The van der Waals surface area contributed by atoms with Crippen LogP contribution in [0.1, 0.15) is 33.2 Å². The average molecular weight is 425 g/mol. The van der Waals surface area contributed by atoms with Crippen LogP contribution in [0.5, 0.6) is 11.5 Å². The quantitative estimate of drug-likeness (QED) is 0.480. The Labute approximate surface area is 186 Å². The van der Waals surface area contributed by atoms with E-state index in [-0.39, 0.29) is 11.9 Å². The fourth-order valence-corrected chi connectivity index (χ4v) is 4.24. The van der Waals surface area contributed by atoms with Crippen LogP contribution in [0, 0.1) is 0 Å². The van der Waals surface area contributed by atoms with E-state index in [1.165, 1.54) is 0 Å². The smallest absolute Gasteiger partial charge is 0.273 e. The van der Waals surface area contributed by atoms with Crippen LogP contribution >= 0.6 is 0 Å². The van der Waals surface area contributed by atoms with Crippen molar-refractivity contribution in [3.63, 3.8) is 0 Å². The second kappa shape index (κ2) is 8.23. The molecule has 1 aliphatic heterocycles. The van der Waals surface area contributed by atoms with Crippen molar-refractivity contribution in [2.75, 3.05) is 14.2 Å². The van der Waals surface area contributed by atoms with E-state index < -0.39 is 0 Å². The topological polar surface area (TPSA) is 67.5 Å². The summed E-state index contributed by atoms with van der Waals surface area (Å²) in [4.78, 5) is 15.4. The van der Waals surface area contributed by atoms with Crippen molar-refractivity contribution in [2.24, 2.45) is 0 Å². The number of carbonyl (C=O) groups is 1. The number of amides is 1. The van der Waals surface area contributed by atoms with Crippen LogP contribution in [0.25, 0.3) is 11.3 Å². The van der Waals surface area contributed by atoms with Gasteiger partial charge >= 0.3 is 0 Å². The van der Waals surface area contributed by atoms with Crippen LogP contribution in [-0.4, -0.2) is 35.2 Å². The highest BCUT2D eigenvalue weighted by atomic mass is 16.5. The lowest BCUT2D eigenvalue weighted by Crippen LogP contribution is -2.29. The van der Waals surface area contributed by atoms with Gasteiger partial charge in [0.05, 0.1) is 26.0 Å². The number of rotatable bonds is 6. The molecule has 1 N–H and O–H groups in total. The first-order valence-corrected chi connectivity index (χ1v) is 10.4. The van der Waals surface area contributed by atoms with Gasteiger partial charge in [0.2, 0.25) is 0 Å². The van der Waals surface area contributed by atoms with Gasteiger partial charge in [-0.1, -0.05) is 54.6 Å². The van der Waals surface area contributed by atoms with Crippen LogP contribution in [0.15, 0.2) is 78.9 Å². The molecule has 1 atom stereocenters. The number of benzene rings is 3. The molecule has 4 aromatic rings. The number of hydrogen-bond donors (Lipinski definition) is 1. The number of aromatic nitrogens is 2. The van der Waals surface area contributed by atoms with Gasteiger partial charge in [-0.15, -0.1) is 0 Å². The number of methoxy groups -OCH3 is 2. The molecule has 0 spiro atoms. The van der Waals surface area contributed by atoms with Gasteiger partial charge in [0.15, 0.2) is 0 Å². The van der Waals surface area contributed by atoms with E-state index in [0.717, 1.165) is 39.4 Å². The average Bonchev–Trinajstić information content (AvgIpc) is 3.39. The fourth-order valence-electron chi connectivity index (χ4n) is 4.24. The second-order valence-electron chi connectivity index (χ2n) is 7.68. The van der Waals surface area contributed by atoms with E-state index in [9.17, 15) is 4.79 Å². The number of carbonyl (C=O) groups excluding carboxylic acids is 1. The minimum absolute atomic E-state index is 0.0636. The molecule has 0 saturated heterocycles. The largest absolute Gasteiger partial charge is 0.497 e. The van der Waals surface area contributed by atoms with Gasteiger partial charge in [-0.2, -0.15) is 5.10 Å². The van der Waals surface area contributed by atoms with E-state index >= 15 is 0 Å². The predicted molar refractivity (Wildman–Crippen MR) is 122 cm³/mol. The monoisotopic (exact) mass is 425 g/mol. The zero-order valence-corrected chi connectivity index (χ0v) is 17.9. The minimum Gasteiger partial charge on any atom is -0.497 e. The first-order valence-electron chi connectivity index (χ1n) is 10.4. The van der Waals surface area contributed by atoms with Crippen molar-refractivity contribution in [2.45, 2.75) is 12.6 Å². The lowest BCUT2D eigenvalue weighted by Gasteiger charge is -2.26. The highest BCUT2D eigenvalue weighted by Crippen LogP contribution is 2.43. The van der Waals surface area contributed by atoms with Crippen LogP contribution in [0.2, 0.25) is 0 Å². The summed E-state index contributed by atoms with van der Waals surface area (Å²) >= 11 is 0. The summed E-state index contributed by atoms with van der Waals surface area (Å²) in [5.41, 5.74) is 5.25. The SMILES string of the molecule is COc1ccc(CN2C(=O)c3[nH]nc(-c4ccccc4)c3C2c2ccc(OC)cc2)cc1. The Morgan fingerprint density at radius 2 is 1.50 bits per heavy atom. The molecule has 160 valence electrons. The molecular weight excluding hydrogens is 402 g/mol. The summed E-state index contributed by atoms with van der Waals surface area (Å²) in [5, 5.41) is 7.52. The zero-order valence-electron chi connectivity index (χ0n) is 17.9. The first-order chi connectivity index (χ1) is 15.7. The molecule has 6 nitrogen and oxygen atoms in total. The molecule has 0 aliphatic carbocycles. The maximum Gasteiger partial charge on any atom is 0.273 e. The van der Waals surface area contributed by atoms with Crippen LogP contribution in [0.4, 0.5) is 0 Å². The number of H-pyrrole nitrogens is 1. The van der Waals surface area contributed by atoms with E-state index in [4.69, 9.17) is 9.47 Å². The molecule has 2 heterocycles. The van der Waals surface area contributed by atoms with Gasteiger partial charge < -0.3 is 14.4 Å². The highest BCUT2D eigenvalue weighted by Gasteiger charge is 2.42. The number of aromatic amines is 1. The maximum atomic E-state index is 13.5. The second-order valence-corrected chi connectivity index (χ2v) is 7.68. The number of hydrogen-bond acceptors (Lipinski definition) is 4. The number of fused-ring (bicyclic) bond motifs is 1. The van der Waals surface area contributed by atoms with Gasteiger partial charge in [-0.3, -0.25) is 9.89 Å². The molecule has 6 heteroatoms. The molecule has 5 rings (SSSR count). The molecule has 32 heavy (non-hydrogen) atoms. The van der Waals surface area contributed by atoms with Crippen LogP contribution in [0.3, 0.4) is 0 Å². The van der Waals surface area contributed by atoms with Gasteiger partial charge in [0.25, 0.3) is 5.91 Å². The summed E-state index contributed by atoms with van der Waals surface area (Å²) in [7, 11) is 3.29. The Balaban J connectivity index is 1.60. The lowest BCUT2D eigenvalue weighted by molar-refractivity contribution is 0.0730. The summed E-state index contributed by atoms with van der Waals surface area (Å²) in [5.74, 6) is 1.50. The summed E-state index contributed by atoms with van der Waals surface area (Å²) in [6.45, 7) is 0.469. The third-order valence-electron chi connectivity index (χ3n) is 5.85. The minimum atomic E-state index is -0.264. The molecule has 1 aliphatic rings. The third-order valence-corrected chi connectivity index (χ3v) is 5.85. The Kier molecular flexibility index (Phi) is 5.11. The van der Waals surface area contributed by atoms with Crippen molar-refractivity contribution >= 4 is 5.91 Å². The molecule has 1 amide bonds. The van der Waals surface area contributed by atoms with Crippen molar-refractivity contribution < 1.29 is 14.3 Å². The Morgan fingerprint density at radius 3 is 2.12 bits per heavy atom. The predicted octanol–water partition coefficient (Wildman–Crippen LogP) is 4.84. The molecule has 0 fully saturated rings. The molecule has 0 saturated carbocycles. The summed E-state index contributed by atoms with van der Waals surface area (Å²) in [6.07, 6.45) is 0. The van der Waals surface area contributed by atoms with Gasteiger partial charge in [-0.05, 0) is 35.4 Å².